The van der Waals surface area contributed by atoms with Gasteiger partial charge in [-0.05, 0) is 32.4 Å². The van der Waals surface area contributed by atoms with Gasteiger partial charge in [0.2, 0.25) is 5.69 Å². The van der Waals surface area contributed by atoms with Crippen molar-refractivity contribution < 1.29 is 14.5 Å². The molecule has 18 heavy (non-hydrogen) atoms. The third kappa shape index (κ3) is 1.84. The molecule has 2 rings (SSSR count). The molecule has 1 aliphatic heterocycles. The van der Waals surface area contributed by atoms with E-state index < -0.39 is 5.97 Å². The predicted molar refractivity (Wildman–Crippen MR) is 72.0 cm³/mol. The van der Waals surface area contributed by atoms with E-state index in [1.54, 1.807) is 0 Å². The van der Waals surface area contributed by atoms with Gasteiger partial charge in [-0.1, -0.05) is 6.07 Å². The van der Waals surface area contributed by atoms with Crippen molar-refractivity contribution in [2.75, 3.05) is 6.54 Å². The zero-order valence-corrected chi connectivity index (χ0v) is 11.4. The number of hydrogen-bond acceptors (Lipinski definition) is 1. The Bertz CT molecular complexity index is 541. The summed E-state index contributed by atoms with van der Waals surface area (Å²) in [4.78, 5) is 10.8. The third-order valence-corrected chi connectivity index (χ3v) is 4.01. The lowest BCUT2D eigenvalue weighted by molar-refractivity contribution is -0.434. The lowest BCUT2D eigenvalue weighted by Gasteiger charge is -2.15. The number of carboxylic acid groups (broad SMARTS) is 1. The number of carboxylic acids is 1. The lowest BCUT2D eigenvalue weighted by atomic mass is 9.81. The van der Waals surface area contributed by atoms with Crippen LogP contribution >= 0.6 is 0 Å². The molecule has 96 valence electrons. The summed E-state index contributed by atoms with van der Waals surface area (Å²) in [5, 5.41) is 8.88. The van der Waals surface area contributed by atoms with E-state index in [-0.39, 0.29) is 11.8 Å². The Kier molecular flexibility index (Phi) is 3.01. The van der Waals surface area contributed by atoms with Gasteiger partial charge < -0.3 is 5.11 Å². The molecule has 3 nitrogen and oxygen atoms in total. The minimum absolute atomic E-state index is 0.0140. The number of fused-ring (bicyclic) bond motifs is 1. The van der Waals surface area contributed by atoms with Crippen LogP contribution in [0.15, 0.2) is 18.2 Å². The molecule has 1 aromatic carbocycles. The summed E-state index contributed by atoms with van der Waals surface area (Å²) >= 11 is 0. The molecule has 1 N–H and O–H groups in total. The first-order valence-electron chi connectivity index (χ1n) is 6.34. The van der Waals surface area contributed by atoms with Crippen molar-refractivity contribution in [3.63, 3.8) is 0 Å². The maximum atomic E-state index is 10.8. The van der Waals surface area contributed by atoms with E-state index in [0.717, 1.165) is 12.1 Å². The number of hydrogen-bond donors (Lipinski definition) is 1. The van der Waals surface area contributed by atoms with Crippen LogP contribution in [-0.4, -0.2) is 27.9 Å². The van der Waals surface area contributed by atoms with Crippen LogP contribution in [0.4, 0.5) is 5.69 Å². The minimum Gasteiger partial charge on any atom is -0.481 e. The van der Waals surface area contributed by atoms with Gasteiger partial charge in [0.05, 0.1) is 11.8 Å². The van der Waals surface area contributed by atoms with Gasteiger partial charge in [0.25, 0.3) is 0 Å². The van der Waals surface area contributed by atoms with E-state index in [0.29, 0.717) is 0 Å². The van der Waals surface area contributed by atoms with Gasteiger partial charge in [-0.25, -0.2) is 0 Å². The van der Waals surface area contributed by atoms with Crippen molar-refractivity contribution in [3.05, 3.63) is 29.3 Å². The van der Waals surface area contributed by atoms with Crippen LogP contribution in [0.5, 0.6) is 0 Å². The van der Waals surface area contributed by atoms with Crippen LogP contribution in [0, 0.1) is 0 Å². The van der Waals surface area contributed by atoms with E-state index in [9.17, 15) is 4.79 Å². The summed E-state index contributed by atoms with van der Waals surface area (Å²) < 4.78 is 2.31. The Morgan fingerprint density at radius 1 is 1.39 bits per heavy atom. The maximum Gasteiger partial charge on any atom is 0.307 e. The standard InChI is InChI=1S/C15H19NO2/c1-5-16-10(2)15(3,4)12-8-11(9-14(17)18)6-7-13(12)16/h6-8H,5,9H2,1-4H3/p+1. The molecule has 1 aliphatic rings. The monoisotopic (exact) mass is 246 g/mol. The first-order chi connectivity index (χ1) is 8.37. The molecular weight excluding hydrogens is 226 g/mol. The highest BCUT2D eigenvalue weighted by Crippen LogP contribution is 2.39. The lowest BCUT2D eigenvalue weighted by Crippen LogP contribution is -2.26. The summed E-state index contributed by atoms with van der Waals surface area (Å²) in [6.07, 6.45) is 0.0918. The van der Waals surface area contributed by atoms with E-state index >= 15 is 0 Å². The van der Waals surface area contributed by atoms with Crippen LogP contribution in [0.25, 0.3) is 0 Å². The highest BCUT2D eigenvalue weighted by Gasteiger charge is 2.42. The van der Waals surface area contributed by atoms with Crippen LogP contribution in [-0.2, 0) is 16.6 Å². The van der Waals surface area contributed by atoms with Crippen LogP contribution < -0.4 is 0 Å². The largest absolute Gasteiger partial charge is 0.481 e. The highest BCUT2D eigenvalue weighted by atomic mass is 16.4. The molecule has 0 unspecified atom stereocenters. The Labute approximate surface area is 108 Å². The van der Waals surface area contributed by atoms with Crippen molar-refractivity contribution in [2.24, 2.45) is 0 Å². The number of carbonyl (C=O) groups is 1. The van der Waals surface area contributed by atoms with Gasteiger partial charge in [0.1, 0.15) is 6.54 Å². The number of aliphatic carboxylic acids is 1. The molecule has 1 aromatic rings. The Morgan fingerprint density at radius 3 is 2.61 bits per heavy atom. The summed E-state index contributed by atoms with van der Waals surface area (Å²) in [5.41, 5.74) is 4.64. The fourth-order valence-corrected chi connectivity index (χ4v) is 2.72. The molecule has 0 aromatic heterocycles. The molecule has 3 heteroatoms. The molecule has 0 aliphatic carbocycles. The smallest absolute Gasteiger partial charge is 0.307 e. The molecule has 0 radical (unpaired) electrons. The third-order valence-electron chi connectivity index (χ3n) is 4.01. The van der Waals surface area contributed by atoms with E-state index in [1.807, 2.05) is 12.1 Å². The van der Waals surface area contributed by atoms with E-state index in [4.69, 9.17) is 5.11 Å². The number of benzene rings is 1. The molecular formula is C15H20NO2+. The van der Waals surface area contributed by atoms with Crippen LogP contribution in [0.2, 0.25) is 0 Å². The summed E-state index contributed by atoms with van der Waals surface area (Å²) in [7, 11) is 0. The molecule has 0 spiro atoms. The maximum absolute atomic E-state index is 10.8. The highest BCUT2D eigenvalue weighted by molar-refractivity contribution is 5.93. The number of nitrogens with zero attached hydrogens (tertiary/aromatic N) is 1. The number of rotatable bonds is 3. The van der Waals surface area contributed by atoms with Crippen LogP contribution in [0.3, 0.4) is 0 Å². The average molecular weight is 246 g/mol. The van der Waals surface area contributed by atoms with Gasteiger partial charge in [0.15, 0.2) is 5.71 Å². The SMILES string of the molecule is CC[N+]1=C(C)C(C)(C)c2cc(CC(=O)O)ccc21. The van der Waals surface area contributed by atoms with Gasteiger partial charge in [-0.15, -0.1) is 0 Å². The van der Waals surface area contributed by atoms with Gasteiger partial charge >= 0.3 is 5.97 Å². The summed E-state index contributed by atoms with van der Waals surface area (Å²) in [6.45, 7) is 9.63. The molecule has 0 atom stereocenters. The molecule has 0 saturated heterocycles. The fraction of sp³-hybridized carbons (Fsp3) is 0.467. The molecule has 0 fully saturated rings. The molecule has 1 heterocycles. The molecule has 0 amide bonds. The van der Waals surface area contributed by atoms with Crippen molar-refractivity contribution in [1.29, 1.82) is 0 Å². The van der Waals surface area contributed by atoms with Gasteiger partial charge in [0, 0.05) is 18.6 Å². The Morgan fingerprint density at radius 2 is 2.06 bits per heavy atom. The average Bonchev–Trinajstić information content (AvgIpc) is 2.47. The van der Waals surface area contributed by atoms with Crippen molar-refractivity contribution in [3.8, 4) is 0 Å². The van der Waals surface area contributed by atoms with E-state index in [1.165, 1.54) is 17.0 Å². The van der Waals surface area contributed by atoms with Gasteiger partial charge in [-0.2, -0.15) is 4.58 Å². The topological polar surface area (TPSA) is 40.3 Å². The predicted octanol–water partition coefficient (Wildman–Crippen LogP) is 2.73. The normalized spacial score (nSPS) is 16.9. The first kappa shape index (κ1) is 12.8. The quantitative estimate of drug-likeness (QED) is 0.833. The second-order valence-electron chi connectivity index (χ2n) is 5.38. The summed E-state index contributed by atoms with van der Waals surface area (Å²) in [6, 6.07) is 6.02. The van der Waals surface area contributed by atoms with Crippen molar-refractivity contribution >= 4 is 17.4 Å². The van der Waals surface area contributed by atoms with Crippen molar-refractivity contribution in [1.82, 2.24) is 0 Å². The molecule has 0 bridgehead atoms. The second kappa shape index (κ2) is 4.23. The minimum atomic E-state index is -0.779. The Hall–Kier alpha value is -1.64. The Balaban J connectivity index is 2.53. The summed E-state index contributed by atoms with van der Waals surface area (Å²) in [5.74, 6) is -0.779. The van der Waals surface area contributed by atoms with E-state index in [2.05, 4.69) is 38.3 Å². The fourth-order valence-electron chi connectivity index (χ4n) is 2.72. The van der Waals surface area contributed by atoms with Crippen molar-refractivity contribution in [2.45, 2.75) is 39.5 Å². The second-order valence-corrected chi connectivity index (χ2v) is 5.38. The first-order valence-corrected chi connectivity index (χ1v) is 6.34. The van der Waals surface area contributed by atoms with Gasteiger partial charge in [-0.3, -0.25) is 4.79 Å². The molecule has 0 saturated carbocycles. The zero-order valence-electron chi connectivity index (χ0n) is 11.4. The zero-order chi connectivity index (χ0) is 13.5. The van der Waals surface area contributed by atoms with Crippen LogP contribution in [0.1, 0.15) is 38.8 Å².